The van der Waals surface area contributed by atoms with Crippen LogP contribution in [-0.4, -0.2) is 211 Å². The second-order valence-corrected chi connectivity index (χ2v) is 16.5. The SMILES string of the molecule is [Eu+3].[Eu+3].[Eu+3].[Eu+3].[N-]=[N+]=C(C(=O)[O-])N(CCN(CC(=O)[O-])CC(=O)[O-])C(C(=O)[O-])c1ccccc1.[N-]=[N+]=C(C(=O)[O-])N(CCN(CC(=O)[O-])CC(=O)[O-])C(C(=O)[O-])c1ccccc1.[N-]=[N+]=C(C(=O)[O-])N(CCN(CC(=O)[O-])CC(=O)[O-])C(C(=O)[O-])c1ccccc1. The fraction of sp³-hybridized carbons (Fsp3) is 0.312. The first kappa shape index (κ1) is 89.5. The molecule has 3 aromatic rings. The maximum Gasteiger partial charge on any atom is 3.00 e. The maximum atomic E-state index is 11.7. The van der Waals surface area contributed by atoms with E-state index >= 15 is 0 Å². The van der Waals surface area contributed by atoms with Gasteiger partial charge in [-0.3, -0.25) is 14.7 Å². The summed E-state index contributed by atoms with van der Waals surface area (Å²) in [6.07, 6.45) is 0. The number of hydrogen-bond donors (Lipinski definition) is 0. The summed E-state index contributed by atoms with van der Waals surface area (Å²) in [4.78, 5) is 145. The van der Waals surface area contributed by atoms with Crippen LogP contribution in [-0.2, 0) is 57.5 Å². The van der Waals surface area contributed by atoms with E-state index in [-0.39, 0.29) is 214 Å². The van der Waals surface area contributed by atoms with Gasteiger partial charge in [0.05, 0.1) is 53.7 Å². The molecule has 0 aliphatic heterocycles. The predicted octanol–water partition coefficient (Wildman–Crippen LogP) is -18.1. The van der Waals surface area contributed by atoms with Gasteiger partial charge in [0.2, 0.25) is 0 Å². The van der Waals surface area contributed by atoms with Crippen LogP contribution in [0.2, 0.25) is 0 Å². The van der Waals surface area contributed by atoms with Crippen molar-refractivity contribution in [2.45, 2.75) is 18.1 Å². The van der Waals surface area contributed by atoms with Gasteiger partial charge in [-0.1, -0.05) is 91.0 Å². The Morgan fingerprint density at radius 1 is 0.307 bits per heavy atom. The average Bonchev–Trinajstić information content (AvgIpc) is 3.50. The fourth-order valence-electron chi connectivity index (χ4n) is 7.44. The van der Waals surface area contributed by atoms with E-state index in [1.165, 1.54) is 72.8 Å². The minimum absolute atomic E-state index is 0. The number of hydrogen-bond acceptors (Lipinski definition) is 27. The normalized spacial score (nSPS) is 10.8. The van der Waals surface area contributed by atoms with Crippen LogP contribution in [0.25, 0.3) is 16.6 Å². The van der Waals surface area contributed by atoms with Crippen molar-refractivity contribution in [1.82, 2.24) is 29.4 Å². The fourth-order valence-corrected chi connectivity index (χ4v) is 7.44. The zero-order chi connectivity index (χ0) is 63.8. The molecule has 3 unspecified atom stereocenters. The molecule has 0 fully saturated rings. The number of nitrogens with zero attached hydrogens (tertiary/aromatic N) is 12. The molecule has 0 spiro atoms. The number of benzene rings is 3. The average molecular weight is 1780 g/mol. The maximum absolute atomic E-state index is 11.7. The van der Waals surface area contributed by atoms with Gasteiger partial charge in [0.25, 0.3) is 0 Å². The van der Waals surface area contributed by atoms with Crippen LogP contribution in [0.15, 0.2) is 91.0 Å². The molecule has 3 rings (SSSR count). The molecule has 40 heteroatoms. The Hall–Kier alpha value is -4.94. The third-order valence-corrected chi connectivity index (χ3v) is 10.7. The molecule has 0 saturated carbocycles. The first-order chi connectivity index (χ1) is 39.5. The molecule has 0 radical (unpaired) electrons. The van der Waals surface area contributed by atoms with Crippen molar-refractivity contribution in [3.8, 4) is 0 Å². The molecule has 36 nitrogen and oxygen atoms in total. The van der Waals surface area contributed by atoms with E-state index in [0.717, 1.165) is 14.7 Å². The summed E-state index contributed by atoms with van der Waals surface area (Å²) < 4.78 is 0. The Morgan fingerprint density at radius 2 is 0.477 bits per heavy atom. The third-order valence-electron chi connectivity index (χ3n) is 10.7. The van der Waals surface area contributed by atoms with Gasteiger partial charge in [-0.25, -0.2) is 14.7 Å². The van der Waals surface area contributed by atoms with E-state index < -0.39 is 186 Å². The van der Waals surface area contributed by atoms with Crippen molar-refractivity contribution in [1.29, 1.82) is 0 Å². The van der Waals surface area contributed by atoms with Crippen molar-refractivity contribution < 1.29 is 331 Å². The molecule has 0 N–H and O–H groups in total. The van der Waals surface area contributed by atoms with Crippen molar-refractivity contribution in [3.05, 3.63) is 124 Å². The Morgan fingerprint density at radius 3 is 0.602 bits per heavy atom. The Balaban J connectivity index is -0.000000588. The number of aliphatic carboxylic acids is 12. The quantitative estimate of drug-likeness (QED) is 0.0259. The molecule has 0 saturated heterocycles. The van der Waals surface area contributed by atoms with Crippen LogP contribution in [0.5, 0.6) is 0 Å². The molecule has 0 aromatic heterocycles. The number of rotatable bonds is 30. The van der Waals surface area contributed by atoms with Crippen molar-refractivity contribution >= 4 is 89.1 Å². The van der Waals surface area contributed by atoms with Crippen LogP contribution in [0.4, 0.5) is 0 Å². The second kappa shape index (κ2) is 47.9. The van der Waals surface area contributed by atoms with Crippen LogP contribution < -0.4 is 61.3 Å². The van der Waals surface area contributed by atoms with E-state index in [1.54, 1.807) is 18.2 Å². The molecule has 0 bridgehead atoms. The number of carboxylic acid groups (broad SMARTS) is 12. The van der Waals surface area contributed by atoms with E-state index in [0.29, 0.717) is 14.7 Å². The Kier molecular flexibility index (Phi) is 48.7. The Bertz CT molecular complexity index is 2670. The third kappa shape index (κ3) is 33.8. The predicted molar refractivity (Wildman–Crippen MR) is 243 cm³/mol. The summed E-state index contributed by atoms with van der Waals surface area (Å²) in [5.41, 5.74) is 27.2. The Labute approximate surface area is 659 Å². The van der Waals surface area contributed by atoms with Gasteiger partial charge in [-0.2, -0.15) is 0 Å². The smallest absolute Gasteiger partial charge is 0.549 e. The first-order valence-corrected chi connectivity index (χ1v) is 23.2. The molecule has 88 heavy (non-hydrogen) atoms. The van der Waals surface area contributed by atoms with E-state index in [9.17, 15) is 119 Å². The molecular weight excluding hydrogens is 1740 g/mol. The van der Waals surface area contributed by atoms with E-state index in [4.69, 9.17) is 16.6 Å². The van der Waals surface area contributed by atoms with Crippen LogP contribution in [0.3, 0.4) is 0 Å². The van der Waals surface area contributed by atoms with E-state index in [1.807, 2.05) is 0 Å². The van der Waals surface area contributed by atoms with Gasteiger partial charge < -0.3 is 150 Å². The summed E-state index contributed by atoms with van der Waals surface area (Å²) in [6.45, 7) is -8.15. The standard InChI is InChI=1S/3C16H18N4O8.4Eu/c3*17-18-14(16(27)28)20(7-6-19(8-11(21)22)9-12(23)24)13(15(25)26)10-4-2-1-3-5-10;;;;/h3*1-5,13H,6-9H2,(H,21,22)(H,23,24)(H,25,26)(H,27,28);;;;/q;;;4*+3/p-12. The van der Waals surface area contributed by atoms with Crippen molar-refractivity contribution in [2.24, 2.45) is 0 Å². The van der Waals surface area contributed by atoms with Crippen LogP contribution >= 0.6 is 0 Å². The number of carbonyl (C=O) groups excluding carboxylic acids is 12. The monoisotopic (exact) mass is 1780 g/mol. The topological polar surface area (TPSA) is 610 Å². The summed E-state index contributed by atoms with van der Waals surface area (Å²) in [6, 6.07) is 16.3. The molecular formula is C48H42Eu4N12O24. The number of amidine groups is 3. The second-order valence-electron chi connectivity index (χ2n) is 16.5. The van der Waals surface area contributed by atoms with E-state index in [2.05, 4.69) is 14.4 Å². The number of carboxylic acids is 12. The minimum Gasteiger partial charge on any atom is -0.549 e. The van der Waals surface area contributed by atoms with Gasteiger partial charge in [-0.05, 0) is 0 Å². The molecule has 0 aliphatic carbocycles. The summed E-state index contributed by atoms with van der Waals surface area (Å²) >= 11 is 0. The number of carbonyl (C=O) groups is 12. The largest absolute Gasteiger partial charge is 3.00 e. The summed E-state index contributed by atoms with van der Waals surface area (Å²) in [7, 11) is 0. The molecule has 3 atom stereocenters. The molecule has 3 aromatic carbocycles. The van der Waals surface area contributed by atoms with Crippen molar-refractivity contribution in [3.63, 3.8) is 0 Å². The molecule has 466 valence electrons. The minimum atomic E-state index is -2.02. The molecule has 0 heterocycles. The van der Waals surface area contributed by atoms with Crippen LogP contribution in [0.1, 0.15) is 34.8 Å². The van der Waals surface area contributed by atoms with Gasteiger partial charge in [-0.15, -0.1) is 0 Å². The summed E-state index contributed by atoms with van der Waals surface area (Å²) in [5.74, 6) is -24.5. The molecule has 0 aliphatic rings. The van der Waals surface area contributed by atoms with Crippen molar-refractivity contribution in [2.75, 3.05) is 78.5 Å². The van der Waals surface area contributed by atoms with Gasteiger partial charge in [0, 0.05) is 75.6 Å². The van der Waals surface area contributed by atoms with Gasteiger partial charge >= 0.3 is 215 Å². The summed E-state index contributed by atoms with van der Waals surface area (Å²) in [5, 5.41) is 133. The van der Waals surface area contributed by atoms with Gasteiger partial charge in [0.15, 0.2) is 36.0 Å². The molecule has 0 amide bonds. The van der Waals surface area contributed by atoms with Crippen LogP contribution in [0, 0.1) is 198 Å². The zero-order valence-corrected chi connectivity index (χ0v) is 54.3. The van der Waals surface area contributed by atoms with Gasteiger partial charge in [0.1, 0.15) is 19.6 Å². The zero-order valence-electron chi connectivity index (χ0n) is 44.6. The first-order valence-electron chi connectivity index (χ1n) is 23.2.